The zero-order chi connectivity index (χ0) is 13.1. The molecule has 0 amide bonds. The number of aromatic hydroxyl groups is 1. The van der Waals surface area contributed by atoms with Crippen LogP contribution in [0.15, 0.2) is 18.2 Å². The number of alkyl halides is 3. The molecule has 0 aliphatic rings. The molecule has 4 nitrogen and oxygen atoms in total. The highest BCUT2D eigenvalue weighted by atomic mass is 19.4. The highest BCUT2D eigenvalue weighted by Crippen LogP contribution is 2.34. The number of halogens is 3. The van der Waals surface area contributed by atoms with Gasteiger partial charge in [-0.25, -0.2) is 0 Å². The van der Waals surface area contributed by atoms with Crippen LogP contribution in [0.4, 0.5) is 13.2 Å². The van der Waals surface area contributed by atoms with Gasteiger partial charge in [0, 0.05) is 6.42 Å². The number of hydrogen-bond acceptors (Lipinski definition) is 3. The molecule has 0 aliphatic heterocycles. The molecular weight excluding hydrogens is 241 g/mol. The third-order valence-electron chi connectivity index (χ3n) is 1.92. The average Bonchev–Trinajstić information content (AvgIpc) is 2.17. The Bertz CT molecular complexity index is 415. The van der Waals surface area contributed by atoms with Crippen LogP contribution in [0.3, 0.4) is 0 Å². The monoisotopic (exact) mass is 250 g/mol. The Kier molecular flexibility index (Phi) is 3.82. The lowest BCUT2D eigenvalue weighted by Crippen LogP contribution is -2.17. The van der Waals surface area contributed by atoms with Crippen molar-refractivity contribution in [2.75, 3.05) is 0 Å². The topological polar surface area (TPSA) is 66.8 Å². The van der Waals surface area contributed by atoms with E-state index in [1.807, 2.05) is 0 Å². The first-order valence-electron chi connectivity index (χ1n) is 4.58. The predicted octanol–water partition coefficient (Wildman–Crippen LogP) is 2.31. The van der Waals surface area contributed by atoms with E-state index < -0.39 is 23.8 Å². The van der Waals surface area contributed by atoms with E-state index in [4.69, 9.17) is 5.11 Å². The summed E-state index contributed by atoms with van der Waals surface area (Å²) in [6, 6.07) is 3.53. The van der Waals surface area contributed by atoms with E-state index >= 15 is 0 Å². The third-order valence-corrected chi connectivity index (χ3v) is 1.92. The average molecular weight is 250 g/mol. The van der Waals surface area contributed by atoms with Gasteiger partial charge >= 0.3 is 12.3 Å². The lowest BCUT2D eigenvalue weighted by atomic mass is 10.1. The first-order chi connectivity index (χ1) is 7.79. The molecule has 0 fully saturated rings. The lowest BCUT2D eigenvalue weighted by molar-refractivity contribution is -0.275. The van der Waals surface area contributed by atoms with Gasteiger partial charge in [-0.1, -0.05) is 12.1 Å². The van der Waals surface area contributed by atoms with Crippen LogP contribution in [-0.4, -0.2) is 22.5 Å². The second kappa shape index (κ2) is 4.94. The molecule has 0 unspecified atom stereocenters. The van der Waals surface area contributed by atoms with Crippen LogP contribution in [-0.2, 0) is 11.2 Å². The number of carboxylic acid groups (broad SMARTS) is 1. The molecule has 0 aromatic heterocycles. The Hall–Kier alpha value is -1.92. The minimum absolute atomic E-state index is 0.0732. The van der Waals surface area contributed by atoms with Gasteiger partial charge in [0.05, 0.1) is 0 Å². The molecule has 0 spiro atoms. The van der Waals surface area contributed by atoms with Crippen molar-refractivity contribution in [1.82, 2.24) is 0 Å². The van der Waals surface area contributed by atoms with Crippen LogP contribution in [0.2, 0.25) is 0 Å². The number of aryl methyl sites for hydroxylation is 1. The quantitative estimate of drug-likeness (QED) is 0.860. The first kappa shape index (κ1) is 13.1. The number of phenolic OH excluding ortho intramolecular Hbond substituents is 1. The second-order valence-corrected chi connectivity index (χ2v) is 3.21. The van der Waals surface area contributed by atoms with Crippen molar-refractivity contribution in [3.63, 3.8) is 0 Å². The maximum Gasteiger partial charge on any atom is 0.573 e. The van der Waals surface area contributed by atoms with Crippen molar-refractivity contribution < 1.29 is 32.9 Å². The van der Waals surface area contributed by atoms with Gasteiger partial charge in [-0.2, -0.15) is 0 Å². The third kappa shape index (κ3) is 4.21. The number of para-hydroxylation sites is 1. The fourth-order valence-corrected chi connectivity index (χ4v) is 1.22. The SMILES string of the molecule is O=C(O)CCc1cccc(OC(F)(F)F)c1O. The molecule has 0 heterocycles. The molecule has 1 aromatic rings. The second-order valence-electron chi connectivity index (χ2n) is 3.21. The molecule has 1 rings (SSSR count). The highest BCUT2D eigenvalue weighted by Gasteiger charge is 2.32. The van der Waals surface area contributed by atoms with E-state index in [9.17, 15) is 23.1 Å². The summed E-state index contributed by atoms with van der Waals surface area (Å²) in [6.45, 7) is 0. The van der Waals surface area contributed by atoms with Gasteiger partial charge in [0.1, 0.15) is 0 Å². The summed E-state index contributed by atoms with van der Waals surface area (Å²) >= 11 is 0. The molecule has 2 N–H and O–H groups in total. The molecule has 0 aliphatic carbocycles. The highest BCUT2D eigenvalue weighted by molar-refractivity contribution is 5.67. The summed E-state index contributed by atoms with van der Waals surface area (Å²) in [7, 11) is 0. The molecular formula is C10H9F3O4. The molecule has 94 valence electrons. The normalized spacial score (nSPS) is 11.2. The van der Waals surface area contributed by atoms with Gasteiger partial charge in [-0.3, -0.25) is 4.79 Å². The molecule has 0 saturated carbocycles. The van der Waals surface area contributed by atoms with Crippen LogP contribution in [0.25, 0.3) is 0 Å². The minimum Gasteiger partial charge on any atom is -0.504 e. The smallest absolute Gasteiger partial charge is 0.504 e. The number of carbonyl (C=O) groups is 1. The summed E-state index contributed by atoms with van der Waals surface area (Å²) in [5.41, 5.74) is 0.0918. The summed E-state index contributed by atoms with van der Waals surface area (Å²) in [5, 5.41) is 17.9. The molecule has 0 radical (unpaired) electrons. The molecule has 0 atom stereocenters. The predicted molar refractivity (Wildman–Crippen MR) is 50.7 cm³/mol. The van der Waals surface area contributed by atoms with E-state index in [-0.39, 0.29) is 18.4 Å². The molecule has 1 aromatic carbocycles. The van der Waals surface area contributed by atoms with Crippen molar-refractivity contribution in [3.8, 4) is 11.5 Å². The Balaban J connectivity index is 2.87. The molecule has 7 heteroatoms. The number of phenols is 1. The van der Waals surface area contributed by atoms with Crippen LogP contribution < -0.4 is 4.74 Å². The number of rotatable bonds is 4. The van der Waals surface area contributed by atoms with Crippen molar-refractivity contribution in [2.24, 2.45) is 0 Å². The lowest BCUT2D eigenvalue weighted by Gasteiger charge is -2.12. The summed E-state index contributed by atoms with van der Waals surface area (Å²) < 4.78 is 39.4. The zero-order valence-corrected chi connectivity index (χ0v) is 8.49. The van der Waals surface area contributed by atoms with Gasteiger partial charge in [0.2, 0.25) is 0 Å². The van der Waals surface area contributed by atoms with Crippen molar-refractivity contribution in [3.05, 3.63) is 23.8 Å². The maximum absolute atomic E-state index is 11.9. The molecule has 0 bridgehead atoms. The van der Waals surface area contributed by atoms with E-state index in [0.717, 1.165) is 6.07 Å². The van der Waals surface area contributed by atoms with Crippen molar-refractivity contribution >= 4 is 5.97 Å². The number of hydrogen-bond donors (Lipinski definition) is 2. The van der Waals surface area contributed by atoms with Gasteiger partial charge in [0.15, 0.2) is 11.5 Å². The first-order valence-corrected chi connectivity index (χ1v) is 4.58. The Labute approximate surface area is 94.3 Å². The number of benzene rings is 1. The zero-order valence-electron chi connectivity index (χ0n) is 8.49. The minimum atomic E-state index is -4.90. The van der Waals surface area contributed by atoms with Gasteiger partial charge < -0.3 is 14.9 Å². The van der Waals surface area contributed by atoms with Crippen LogP contribution in [0.5, 0.6) is 11.5 Å². The Morgan fingerprint density at radius 3 is 2.53 bits per heavy atom. The fourth-order valence-electron chi connectivity index (χ4n) is 1.22. The molecule has 17 heavy (non-hydrogen) atoms. The van der Waals surface area contributed by atoms with Crippen LogP contribution in [0.1, 0.15) is 12.0 Å². The summed E-state index contributed by atoms with van der Waals surface area (Å²) in [5.74, 6) is -2.53. The van der Waals surface area contributed by atoms with E-state index in [0.29, 0.717) is 0 Å². The van der Waals surface area contributed by atoms with Crippen LogP contribution in [0, 0.1) is 0 Å². The number of ether oxygens (including phenoxy) is 1. The Morgan fingerprint density at radius 2 is 2.00 bits per heavy atom. The van der Waals surface area contributed by atoms with Gasteiger partial charge in [-0.05, 0) is 18.1 Å². The van der Waals surface area contributed by atoms with Crippen molar-refractivity contribution in [2.45, 2.75) is 19.2 Å². The summed E-state index contributed by atoms with van der Waals surface area (Å²) in [4.78, 5) is 10.3. The van der Waals surface area contributed by atoms with Gasteiger partial charge in [0.25, 0.3) is 0 Å². The maximum atomic E-state index is 11.9. The molecule has 0 saturated heterocycles. The van der Waals surface area contributed by atoms with Crippen molar-refractivity contribution in [1.29, 1.82) is 0 Å². The fraction of sp³-hybridized carbons (Fsp3) is 0.300. The summed E-state index contributed by atoms with van der Waals surface area (Å²) in [6.07, 6.45) is -5.26. The van der Waals surface area contributed by atoms with E-state index in [1.54, 1.807) is 0 Å². The largest absolute Gasteiger partial charge is 0.573 e. The standard InChI is InChI=1S/C10H9F3O4/c11-10(12,13)17-7-3-1-2-6(9(7)16)4-5-8(14)15/h1-3,16H,4-5H2,(H,14,15). The van der Waals surface area contributed by atoms with Crippen LogP contribution >= 0.6 is 0 Å². The van der Waals surface area contributed by atoms with Gasteiger partial charge in [-0.15, -0.1) is 13.2 Å². The van der Waals surface area contributed by atoms with E-state index in [2.05, 4.69) is 4.74 Å². The van der Waals surface area contributed by atoms with E-state index in [1.165, 1.54) is 12.1 Å². The number of carboxylic acids is 1. The Morgan fingerprint density at radius 1 is 1.35 bits per heavy atom. The number of aliphatic carboxylic acids is 1.